The highest BCUT2D eigenvalue weighted by Crippen LogP contribution is 2.29. The van der Waals surface area contributed by atoms with Crippen LogP contribution in [0, 0.1) is 6.92 Å². The van der Waals surface area contributed by atoms with Crippen molar-refractivity contribution < 1.29 is 4.74 Å². The Labute approximate surface area is 84.5 Å². The molecule has 0 aliphatic heterocycles. The van der Waals surface area contributed by atoms with Crippen LogP contribution in [0.1, 0.15) is 19.4 Å². The van der Waals surface area contributed by atoms with E-state index >= 15 is 0 Å². The Hall–Kier alpha value is -0.630. The lowest BCUT2D eigenvalue weighted by Crippen LogP contribution is -1.93. The van der Waals surface area contributed by atoms with E-state index in [0.717, 1.165) is 18.1 Å². The summed E-state index contributed by atoms with van der Waals surface area (Å²) in [5.74, 6) is 2.10. The summed E-state index contributed by atoms with van der Waals surface area (Å²) in [5.41, 5.74) is 1.29. The van der Waals surface area contributed by atoms with Crippen molar-refractivity contribution in [3.05, 3.63) is 23.8 Å². The molecule has 0 saturated heterocycles. The zero-order valence-corrected chi connectivity index (χ0v) is 9.28. The normalized spacial score (nSPS) is 10.1. The zero-order valence-electron chi connectivity index (χ0n) is 8.46. The molecule has 1 aromatic carbocycles. The molecule has 0 amide bonds. The molecule has 0 N–H and O–H groups in total. The third-order valence-corrected chi connectivity index (χ3v) is 2.62. The van der Waals surface area contributed by atoms with Gasteiger partial charge in [-0.2, -0.15) is 0 Å². The van der Waals surface area contributed by atoms with E-state index in [2.05, 4.69) is 32.0 Å². The smallest absolute Gasteiger partial charge is 0.132 e. The summed E-state index contributed by atoms with van der Waals surface area (Å²) >= 11 is 1.83. The van der Waals surface area contributed by atoms with Crippen molar-refractivity contribution in [2.75, 3.05) is 12.4 Å². The summed E-state index contributed by atoms with van der Waals surface area (Å²) in [5, 5.41) is 0. The predicted octanol–water partition coefficient (Wildman–Crippen LogP) is 3.51. The van der Waals surface area contributed by atoms with Gasteiger partial charge in [-0.05, 0) is 37.3 Å². The van der Waals surface area contributed by atoms with Gasteiger partial charge in [0.25, 0.3) is 0 Å². The molecule has 1 aromatic rings. The number of benzene rings is 1. The van der Waals surface area contributed by atoms with Gasteiger partial charge in [-0.1, -0.05) is 13.0 Å². The number of hydrogen-bond donors (Lipinski definition) is 0. The predicted molar refractivity (Wildman–Crippen MR) is 58.7 cm³/mol. The molecule has 0 aromatic heterocycles. The van der Waals surface area contributed by atoms with Crippen molar-refractivity contribution in [2.24, 2.45) is 0 Å². The molecular formula is C11H16OS. The van der Waals surface area contributed by atoms with Crippen LogP contribution in [-0.4, -0.2) is 12.4 Å². The Balaban J connectivity index is 2.89. The minimum atomic E-state index is 0.736. The summed E-state index contributed by atoms with van der Waals surface area (Å²) in [6.45, 7) is 7.01. The highest BCUT2D eigenvalue weighted by atomic mass is 32.2. The van der Waals surface area contributed by atoms with Gasteiger partial charge in [0.1, 0.15) is 5.75 Å². The number of ether oxygens (including phenoxy) is 1. The van der Waals surface area contributed by atoms with Crippen molar-refractivity contribution in [1.82, 2.24) is 0 Å². The van der Waals surface area contributed by atoms with Crippen molar-refractivity contribution in [2.45, 2.75) is 25.7 Å². The van der Waals surface area contributed by atoms with E-state index in [4.69, 9.17) is 4.74 Å². The lowest BCUT2D eigenvalue weighted by molar-refractivity contribution is 0.332. The van der Waals surface area contributed by atoms with Gasteiger partial charge in [-0.25, -0.2) is 0 Å². The average Bonchev–Trinajstić information content (AvgIpc) is 2.10. The van der Waals surface area contributed by atoms with Crippen LogP contribution in [0.15, 0.2) is 23.1 Å². The lowest BCUT2D eigenvalue weighted by atomic mass is 10.2. The van der Waals surface area contributed by atoms with E-state index in [0.29, 0.717) is 0 Å². The van der Waals surface area contributed by atoms with Gasteiger partial charge < -0.3 is 4.74 Å². The van der Waals surface area contributed by atoms with E-state index < -0.39 is 0 Å². The SMILES string of the molecule is CCOc1ccc(C)cc1SCC. The minimum Gasteiger partial charge on any atom is -0.493 e. The van der Waals surface area contributed by atoms with Gasteiger partial charge in [0.15, 0.2) is 0 Å². The van der Waals surface area contributed by atoms with Gasteiger partial charge in [-0.3, -0.25) is 0 Å². The maximum Gasteiger partial charge on any atom is 0.132 e. The molecule has 0 unspecified atom stereocenters. The van der Waals surface area contributed by atoms with Crippen molar-refractivity contribution >= 4 is 11.8 Å². The van der Waals surface area contributed by atoms with E-state index in [9.17, 15) is 0 Å². The highest BCUT2D eigenvalue weighted by molar-refractivity contribution is 7.99. The Morgan fingerprint density at radius 3 is 2.69 bits per heavy atom. The standard InChI is InChI=1S/C11H16OS/c1-4-12-10-7-6-9(3)8-11(10)13-5-2/h6-8H,4-5H2,1-3H3. The number of thioether (sulfide) groups is 1. The van der Waals surface area contributed by atoms with Gasteiger partial charge >= 0.3 is 0 Å². The molecule has 0 bridgehead atoms. The zero-order chi connectivity index (χ0) is 9.68. The third kappa shape index (κ3) is 2.96. The lowest BCUT2D eigenvalue weighted by Gasteiger charge is -2.09. The fraction of sp³-hybridized carbons (Fsp3) is 0.455. The Morgan fingerprint density at radius 2 is 2.08 bits per heavy atom. The summed E-state index contributed by atoms with van der Waals surface area (Å²) in [7, 11) is 0. The van der Waals surface area contributed by atoms with Gasteiger partial charge in [0.2, 0.25) is 0 Å². The average molecular weight is 196 g/mol. The Morgan fingerprint density at radius 1 is 1.31 bits per heavy atom. The monoisotopic (exact) mass is 196 g/mol. The molecule has 1 rings (SSSR count). The third-order valence-electron chi connectivity index (χ3n) is 1.70. The fourth-order valence-electron chi connectivity index (χ4n) is 1.16. The maximum atomic E-state index is 5.52. The van der Waals surface area contributed by atoms with Gasteiger partial charge in [-0.15, -0.1) is 11.8 Å². The Bertz CT molecular complexity index is 271. The molecule has 2 heteroatoms. The van der Waals surface area contributed by atoms with Crippen molar-refractivity contribution in [3.8, 4) is 5.75 Å². The number of rotatable bonds is 4. The molecule has 13 heavy (non-hydrogen) atoms. The molecule has 0 fully saturated rings. The fourth-order valence-corrected chi connectivity index (χ4v) is 2.01. The van der Waals surface area contributed by atoms with Crippen LogP contribution in [0.25, 0.3) is 0 Å². The molecule has 1 nitrogen and oxygen atoms in total. The number of aryl methyl sites for hydroxylation is 1. The summed E-state index contributed by atoms with van der Waals surface area (Å²) < 4.78 is 5.52. The molecule has 0 spiro atoms. The van der Waals surface area contributed by atoms with Gasteiger partial charge in [0.05, 0.1) is 6.61 Å². The maximum absolute atomic E-state index is 5.52. The molecule has 0 aliphatic carbocycles. The minimum absolute atomic E-state index is 0.736. The highest BCUT2D eigenvalue weighted by Gasteiger charge is 2.02. The summed E-state index contributed by atoms with van der Waals surface area (Å²) in [4.78, 5) is 1.25. The summed E-state index contributed by atoms with van der Waals surface area (Å²) in [6.07, 6.45) is 0. The van der Waals surface area contributed by atoms with E-state index in [1.165, 1.54) is 10.5 Å². The van der Waals surface area contributed by atoms with Crippen molar-refractivity contribution in [3.63, 3.8) is 0 Å². The molecule has 0 saturated carbocycles. The quantitative estimate of drug-likeness (QED) is 0.682. The second-order valence-electron chi connectivity index (χ2n) is 2.82. The van der Waals surface area contributed by atoms with Crippen LogP contribution < -0.4 is 4.74 Å². The van der Waals surface area contributed by atoms with Crippen LogP contribution in [0.5, 0.6) is 5.75 Å². The molecule has 0 radical (unpaired) electrons. The first-order chi connectivity index (χ1) is 6.27. The first-order valence-electron chi connectivity index (χ1n) is 4.64. The molecule has 0 atom stereocenters. The van der Waals surface area contributed by atoms with Crippen LogP contribution >= 0.6 is 11.8 Å². The summed E-state index contributed by atoms with van der Waals surface area (Å²) in [6, 6.07) is 6.32. The van der Waals surface area contributed by atoms with E-state index in [1.54, 1.807) is 0 Å². The first-order valence-corrected chi connectivity index (χ1v) is 5.62. The number of hydrogen-bond acceptors (Lipinski definition) is 2. The first kappa shape index (κ1) is 10.5. The largest absolute Gasteiger partial charge is 0.493 e. The van der Waals surface area contributed by atoms with E-state index in [1.807, 2.05) is 18.7 Å². The molecule has 0 aliphatic rings. The van der Waals surface area contributed by atoms with E-state index in [-0.39, 0.29) is 0 Å². The van der Waals surface area contributed by atoms with Crippen LogP contribution in [-0.2, 0) is 0 Å². The van der Waals surface area contributed by atoms with Crippen molar-refractivity contribution in [1.29, 1.82) is 0 Å². The van der Waals surface area contributed by atoms with Gasteiger partial charge in [0, 0.05) is 4.90 Å². The van der Waals surface area contributed by atoms with Crippen LogP contribution in [0.3, 0.4) is 0 Å². The molecule has 72 valence electrons. The topological polar surface area (TPSA) is 9.23 Å². The molecule has 0 heterocycles. The second kappa shape index (κ2) is 5.18. The molecular weight excluding hydrogens is 180 g/mol. The second-order valence-corrected chi connectivity index (χ2v) is 4.12. The Kier molecular flexibility index (Phi) is 4.16. The van der Waals surface area contributed by atoms with Crippen LogP contribution in [0.2, 0.25) is 0 Å². The van der Waals surface area contributed by atoms with Crippen LogP contribution in [0.4, 0.5) is 0 Å².